The van der Waals surface area contributed by atoms with Crippen molar-refractivity contribution in [2.24, 2.45) is 17.3 Å². The van der Waals surface area contributed by atoms with E-state index in [9.17, 15) is 9.59 Å². The largest absolute Gasteiger partial charge is 0.423 e. The third-order valence-corrected chi connectivity index (χ3v) is 7.50. The number of benzene rings is 1. The molecule has 0 radical (unpaired) electrons. The zero-order valence-corrected chi connectivity index (χ0v) is 14.9. The molecule has 2 aromatic rings. The van der Waals surface area contributed by atoms with E-state index in [0.29, 0.717) is 23.5 Å². The first-order valence-electron chi connectivity index (χ1n) is 9.58. The molecule has 0 aliphatic heterocycles. The molecule has 3 nitrogen and oxygen atoms in total. The Labute approximate surface area is 147 Å². The van der Waals surface area contributed by atoms with Crippen LogP contribution in [-0.4, -0.2) is 5.78 Å². The van der Waals surface area contributed by atoms with Gasteiger partial charge in [0.05, 0.1) is 0 Å². The highest BCUT2D eigenvalue weighted by atomic mass is 16.4. The van der Waals surface area contributed by atoms with E-state index in [-0.39, 0.29) is 11.0 Å². The summed E-state index contributed by atoms with van der Waals surface area (Å²) in [5, 5.41) is 1.06. The van der Waals surface area contributed by atoms with E-state index >= 15 is 0 Å². The second-order valence-electron chi connectivity index (χ2n) is 8.63. The third-order valence-electron chi connectivity index (χ3n) is 7.50. The lowest BCUT2D eigenvalue weighted by Gasteiger charge is -2.48. The highest BCUT2D eigenvalue weighted by Gasteiger charge is 2.54. The van der Waals surface area contributed by atoms with Gasteiger partial charge in [-0.1, -0.05) is 6.92 Å². The van der Waals surface area contributed by atoms with Gasteiger partial charge in [-0.05, 0) is 85.6 Å². The van der Waals surface area contributed by atoms with Gasteiger partial charge in [-0.3, -0.25) is 4.79 Å². The van der Waals surface area contributed by atoms with E-state index in [1.54, 1.807) is 6.07 Å². The molecule has 1 aromatic heterocycles. The van der Waals surface area contributed by atoms with Crippen LogP contribution in [0.5, 0.6) is 0 Å². The molecule has 1 aromatic carbocycles. The van der Waals surface area contributed by atoms with Gasteiger partial charge in [-0.2, -0.15) is 0 Å². The van der Waals surface area contributed by atoms with Gasteiger partial charge < -0.3 is 4.42 Å². The summed E-state index contributed by atoms with van der Waals surface area (Å²) in [7, 11) is 0. The van der Waals surface area contributed by atoms with Gasteiger partial charge in [-0.25, -0.2) is 4.79 Å². The normalized spacial score (nSPS) is 33.8. The summed E-state index contributed by atoms with van der Waals surface area (Å²) in [5.41, 5.74) is 4.17. The second-order valence-corrected chi connectivity index (χ2v) is 8.63. The molecular formula is C22H24O3. The van der Waals surface area contributed by atoms with Crippen LogP contribution >= 0.6 is 0 Å². The molecule has 4 atom stereocenters. The first-order chi connectivity index (χ1) is 12.0. The summed E-state index contributed by atoms with van der Waals surface area (Å²) in [5.74, 6) is 2.24. The lowest BCUT2D eigenvalue weighted by molar-refractivity contribution is -0.129. The number of hydrogen-bond acceptors (Lipinski definition) is 3. The maximum Gasteiger partial charge on any atom is 0.336 e. The zero-order chi connectivity index (χ0) is 17.3. The number of Topliss-reactive ketones (excluding diaryl/α,β-unsaturated/α-hetero) is 1. The fourth-order valence-corrected chi connectivity index (χ4v) is 6.15. The minimum atomic E-state index is -0.267. The van der Waals surface area contributed by atoms with Gasteiger partial charge in [0.15, 0.2) is 0 Å². The number of ketones is 1. The topological polar surface area (TPSA) is 47.3 Å². The van der Waals surface area contributed by atoms with Crippen LogP contribution in [0.25, 0.3) is 11.0 Å². The van der Waals surface area contributed by atoms with Gasteiger partial charge >= 0.3 is 5.63 Å². The average Bonchev–Trinajstić information content (AvgIpc) is 2.88. The highest BCUT2D eigenvalue weighted by molar-refractivity contribution is 5.87. The molecule has 3 aliphatic rings. The lowest BCUT2D eigenvalue weighted by Crippen LogP contribution is -2.42. The maximum absolute atomic E-state index is 12.5. The highest BCUT2D eigenvalue weighted by Crippen LogP contribution is 2.59. The van der Waals surface area contributed by atoms with Crippen LogP contribution in [0.4, 0.5) is 0 Å². The van der Waals surface area contributed by atoms with Crippen molar-refractivity contribution >= 4 is 16.8 Å². The molecule has 0 saturated heterocycles. The smallest absolute Gasteiger partial charge is 0.336 e. The van der Waals surface area contributed by atoms with Crippen molar-refractivity contribution in [2.45, 2.75) is 58.3 Å². The Morgan fingerprint density at radius 1 is 1.08 bits per heavy atom. The van der Waals surface area contributed by atoms with Crippen molar-refractivity contribution in [1.82, 2.24) is 0 Å². The SMILES string of the molecule is Cc1cc(=O)oc2cc3c(cc12)[C@H]1CC[C@]2(C)C(=O)CC[C@H]2[C@@H]1CC3. The van der Waals surface area contributed by atoms with Crippen LogP contribution < -0.4 is 5.63 Å². The van der Waals surface area contributed by atoms with E-state index < -0.39 is 0 Å². The van der Waals surface area contributed by atoms with Gasteiger partial charge in [-0.15, -0.1) is 0 Å². The molecule has 2 fully saturated rings. The van der Waals surface area contributed by atoms with Gasteiger partial charge in [0.25, 0.3) is 0 Å². The summed E-state index contributed by atoms with van der Waals surface area (Å²) in [4.78, 5) is 24.2. The fraction of sp³-hybridized carbons (Fsp3) is 0.545. The molecule has 0 bridgehead atoms. The van der Waals surface area contributed by atoms with E-state index in [2.05, 4.69) is 19.1 Å². The number of aryl methyl sites for hydroxylation is 2. The minimum absolute atomic E-state index is 0.0712. The van der Waals surface area contributed by atoms with E-state index in [4.69, 9.17) is 4.42 Å². The number of carbonyl (C=O) groups excluding carboxylic acids is 1. The Hall–Kier alpha value is -1.90. The van der Waals surface area contributed by atoms with Crippen LogP contribution in [0, 0.1) is 24.2 Å². The predicted octanol–water partition coefficient (Wildman–Crippen LogP) is 4.53. The molecule has 5 rings (SSSR count). The molecule has 0 spiro atoms. The minimum Gasteiger partial charge on any atom is -0.423 e. The molecule has 0 N–H and O–H groups in total. The molecule has 3 heteroatoms. The molecule has 1 heterocycles. The zero-order valence-electron chi connectivity index (χ0n) is 14.9. The van der Waals surface area contributed by atoms with Crippen LogP contribution in [0.15, 0.2) is 27.4 Å². The maximum atomic E-state index is 12.5. The Balaban J connectivity index is 1.63. The van der Waals surface area contributed by atoms with Crippen LogP contribution in [0.1, 0.15) is 61.6 Å². The van der Waals surface area contributed by atoms with Gasteiger partial charge in [0, 0.05) is 23.3 Å². The molecule has 3 aliphatic carbocycles. The number of rotatable bonds is 0. The van der Waals surface area contributed by atoms with Crippen LogP contribution in [0.2, 0.25) is 0 Å². The number of fused-ring (bicyclic) bond motifs is 6. The van der Waals surface area contributed by atoms with Crippen molar-refractivity contribution in [3.05, 3.63) is 45.3 Å². The standard InChI is InChI=1S/C22H24O3/c1-12-9-21(24)25-19-10-13-3-4-15-14(17(13)11-16(12)19)7-8-22(2)18(15)5-6-20(22)23/h9-11,14-15,18H,3-8H2,1-2H3/t14-,15+,18-,22-/m0/s1. The number of hydrogen-bond donors (Lipinski definition) is 0. The van der Waals surface area contributed by atoms with E-state index in [1.165, 1.54) is 11.1 Å². The Morgan fingerprint density at radius 2 is 1.92 bits per heavy atom. The molecule has 130 valence electrons. The van der Waals surface area contributed by atoms with Crippen molar-refractivity contribution in [3.8, 4) is 0 Å². The Kier molecular flexibility index (Phi) is 3.11. The van der Waals surface area contributed by atoms with Crippen molar-refractivity contribution < 1.29 is 9.21 Å². The Morgan fingerprint density at radius 3 is 2.76 bits per heavy atom. The number of carbonyl (C=O) groups is 1. The molecule has 0 amide bonds. The quantitative estimate of drug-likeness (QED) is 0.664. The lowest BCUT2D eigenvalue weighted by atomic mass is 9.55. The summed E-state index contributed by atoms with van der Waals surface area (Å²) in [6.45, 7) is 4.21. The third kappa shape index (κ3) is 2.04. The molecule has 0 unspecified atom stereocenters. The first-order valence-corrected chi connectivity index (χ1v) is 9.58. The van der Waals surface area contributed by atoms with Crippen LogP contribution in [0.3, 0.4) is 0 Å². The monoisotopic (exact) mass is 336 g/mol. The van der Waals surface area contributed by atoms with Crippen molar-refractivity contribution in [3.63, 3.8) is 0 Å². The van der Waals surface area contributed by atoms with Gasteiger partial charge in [0.2, 0.25) is 0 Å². The molecular weight excluding hydrogens is 312 g/mol. The molecule has 25 heavy (non-hydrogen) atoms. The van der Waals surface area contributed by atoms with Crippen molar-refractivity contribution in [1.29, 1.82) is 0 Å². The fourth-order valence-electron chi connectivity index (χ4n) is 6.15. The Bertz CT molecular complexity index is 954. The summed E-state index contributed by atoms with van der Waals surface area (Å²) < 4.78 is 5.44. The summed E-state index contributed by atoms with van der Waals surface area (Å²) in [6, 6.07) is 5.96. The van der Waals surface area contributed by atoms with Gasteiger partial charge in [0.1, 0.15) is 11.4 Å². The summed E-state index contributed by atoms with van der Waals surface area (Å²) >= 11 is 0. The average molecular weight is 336 g/mol. The van der Waals surface area contributed by atoms with Crippen molar-refractivity contribution in [2.75, 3.05) is 0 Å². The van der Waals surface area contributed by atoms with Crippen LogP contribution in [-0.2, 0) is 11.2 Å². The first kappa shape index (κ1) is 15.4. The second kappa shape index (κ2) is 5.06. The van der Waals surface area contributed by atoms with E-state index in [1.807, 2.05) is 6.92 Å². The molecule has 2 saturated carbocycles. The van der Waals surface area contributed by atoms with E-state index in [0.717, 1.165) is 55.1 Å². The summed E-state index contributed by atoms with van der Waals surface area (Å²) in [6.07, 6.45) is 6.18. The predicted molar refractivity (Wildman–Crippen MR) is 96.8 cm³/mol.